The summed E-state index contributed by atoms with van der Waals surface area (Å²) < 4.78 is 2.25. The second kappa shape index (κ2) is 9.77. The summed E-state index contributed by atoms with van der Waals surface area (Å²) in [5.41, 5.74) is 3.95. The van der Waals surface area contributed by atoms with Crippen LogP contribution in [0.3, 0.4) is 0 Å². The number of carbonyl (C=O) groups is 2. The topological polar surface area (TPSA) is 66.4 Å². The Morgan fingerprint density at radius 2 is 1.47 bits per heavy atom. The SMILES string of the molecule is O=C(CN1CCn2cccc2[C@@H]1c1ccccc1)Nc1ccccc1C(=O)Nc1ccccc1. The van der Waals surface area contributed by atoms with Gasteiger partial charge in [-0.2, -0.15) is 0 Å². The minimum Gasteiger partial charge on any atom is -0.348 e. The van der Waals surface area contributed by atoms with Gasteiger partial charge < -0.3 is 15.2 Å². The molecule has 1 aromatic heterocycles. The first kappa shape index (κ1) is 21.7. The number of para-hydroxylation sites is 2. The van der Waals surface area contributed by atoms with Crippen LogP contribution >= 0.6 is 0 Å². The highest BCUT2D eigenvalue weighted by molar-refractivity contribution is 6.10. The molecule has 0 spiro atoms. The zero-order chi connectivity index (χ0) is 23.3. The summed E-state index contributed by atoms with van der Waals surface area (Å²) in [6, 6.07) is 30.8. The Morgan fingerprint density at radius 1 is 0.765 bits per heavy atom. The lowest BCUT2D eigenvalue weighted by Gasteiger charge is -2.36. The van der Waals surface area contributed by atoms with Gasteiger partial charge in [0.2, 0.25) is 5.91 Å². The van der Waals surface area contributed by atoms with Crippen molar-refractivity contribution in [3.63, 3.8) is 0 Å². The number of rotatable bonds is 6. The van der Waals surface area contributed by atoms with Gasteiger partial charge in [0.25, 0.3) is 5.91 Å². The van der Waals surface area contributed by atoms with E-state index in [1.807, 2.05) is 54.6 Å². The van der Waals surface area contributed by atoms with Gasteiger partial charge in [-0.3, -0.25) is 14.5 Å². The van der Waals surface area contributed by atoms with Crippen LogP contribution in [-0.4, -0.2) is 34.4 Å². The van der Waals surface area contributed by atoms with Gasteiger partial charge >= 0.3 is 0 Å². The van der Waals surface area contributed by atoms with E-state index in [1.165, 1.54) is 5.69 Å². The second-order valence-corrected chi connectivity index (χ2v) is 8.32. The van der Waals surface area contributed by atoms with Crippen LogP contribution in [0.4, 0.5) is 11.4 Å². The standard InChI is InChI=1S/C28H26N4O2/c33-26(30-24-15-8-7-14-23(24)28(34)29-22-12-5-2-6-13-22)20-32-19-18-31-17-9-16-25(31)27(32)21-10-3-1-4-11-21/h1-17,27H,18-20H2,(H,29,34)(H,30,33)/t27-/m0/s1. The highest BCUT2D eigenvalue weighted by Gasteiger charge is 2.30. The summed E-state index contributed by atoms with van der Waals surface area (Å²) in [7, 11) is 0. The molecule has 2 N–H and O–H groups in total. The van der Waals surface area contributed by atoms with Crippen molar-refractivity contribution in [1.29, 1.82) is 0 Å². The van der Waals surface area contributed by atoms with E-state index in [0.29, 0.717) is 16.9 Å². The minimum absolute atomic E-state index is 0.00711. The van der Waals surface area contributed by atoms with Crippen molar-refractivity contribution in [3.05, 3.63) is 120 Å². The van der Waals surface area contributed by atoms with Crippen molar-refractivity contribution in [2.75, 3.05) is 23.7 Å². The van der Waals surface area contributed by atoms with E-state index in [0.717, 1.165) is 18.7 Å². The van der Waals surface area contributed by atoms with Crippen molar-refractivity contribution in [2.45, 2.75) is 12.6 Å². The molecule has 0 saturated heterocycles. The summed E-state index contributed by atoms with van der Waals surface area (Å²) in [5.74, 6) is -0.416. The van der Waals surface area contributed by atoms with Crippen molar-refractivity contribution >= 4 is 23.2 Å². The lowest BCUT2D eigenvalue weighted by molar-refractivity contribution is -0.117. The van der Waals surface area contributed by atoms with Crippen LogP contribution in [0, 0.1) is 0 Å². The lowest BCUT2D eigenvalue weighted by Crippen LogP contribution is -2.42. The molecule has 2 heterocycles. The van der Waals surface area contributed by atoms with Crippen LogP contribution < -0.4 is 10.6 Å². The molecule has 1 atom stereocenters. The van der Waals surface area contributed by atoms with Gasteiger partial charge in [-0.15, -0.1) is 0 Å². The molecule has 0 bridgehead atoms. The first-order valence-electron chi connectivity index (χ1n) is 11.4. The Labute approximate surface area is 198 Å². The van der Waals surface area contributed by atoms with E-state index in [9.17, 15) is 9.59 Å². The van der Waals surface area contributed by atoms with Gasteiger partial charge in [-0.1, -0.05) is 60.7 Å². The molecule has 2 amide bonds. The molecule has 0 unspecified atom stereocenters. The van der Waals surface area contributed by atoms with Crippen LogP contribution in [0.1, 0.15) is 27.7 Å². The third-order valence-electron chi connectivity index (χ3n) is 6.08. The summed E-state index contributed by atoms with van der Waals surface area (Å²) in [4.78, 5) is 28.2. The first-order valence-corrected chi connectivity index (χ1v) is 11.4. The predicted octanol–water partition coefficient (Wildman–Crippen LogP) is 4.78. The fourth-order valence-corrected chi connectivity index (χ4v) is 4.50. The van der Waals surface area contributed by atoms with Gasteiger partial charge in [0.05, 0.1) is 23.8 Å². The Balaban J connectivity index is 1.33. The number of carbonyl (C=O) groups excluding carboxylic acids is 2. The predicted molar refractivity (Wildman–Crippen MR) is 134 cm³/mol. The van der Waals surface area contributed by atoms with Gasteiger partial charge in [-0.25, -0.2) is 0 Å². The maximum Gasteiger partial charge on any atom is 0.257 e. The van der Waals surface area contributed by atoms with Gasteiger partial charge in [-0.05, 0) is 42.0 Å². The lowest BCUT2D eigenvalue weighted by atomic mass is 10.00. The molecule has 3 aromatic carbocycles. The van der Waals surface area contributed by atoms with Crippen molar-refractivity contribution in [3.8, 4) is 0 Å². The molecule has 6 heteroatoms. The largest absolute Gasteiger partial charge is 0.348 e. The van der Waals surface area contributed by atoms with Crippen LogP contribution in [0.2, 0.25) is 0 Å². The molecule has 1 aliphatic rings. The third-order valence-corrected chi connectivity index (χ3v) is 6.08. The normalized spacial score (nSPS) is 15.4. The molecule has 1 aliphatic heterocycles. The fourth-order valence-electron chi connectivity index (χ4n) is 4.50. The fraction of sp³-hybridized carbons (Fsp3) is 0.143. The molecule has 0 radical (unpaired) electrons. The molecule has 5 rings (SSSR count). The Bertz CT molecular complexity index is 1280. The number of hydrogen-bond acceptors (Lipinski definition) is 3. The average molecular weight is 451 g/mol. The summed E-state index contributed by atoms with van der Waals surface area (Å²) in [5, 5.41) is 5.85. The van der Waals surface area contributed by atoms with Crippen molar-refractivity contribution < 1.29 is 9.59 Å². The number of nitrogens with zero attached hydrogens (tertiary/aromatic N) is 2. The molecule has 170 valence electrons. The van der Waals surface area contributed by atoms with Crippen LogP contribution in [0.5, 0.6) is 0 Å². The van der Waals surface area contributed by atoms with Gasteiger partial charge in [0.1, 0.15) is 0 Å². The number of hydrogen-bond donors (Lipinski definition) is 2. The monoisotopic (exact) mass is 450 g/mol. The van der Waals surface area contributed by atoms with Gasteiger partial charge in [0.15, 0.2) is 0 Å². The molecule has 0 fully saturated rings. The van der Waals surface area contributed by atoms with E-state index in [1.54, 1.807) is 18.2 Å². The third kappa shape index (κ3) is 4.63. The van der Waals surface area contributed by atoms with Crippen molar-refractivity contribution in [2.24, 2.45) is 0 Å². The van der Waals surface area contributed by atoms with E-state index >= 15 is 0 Å². The highest BCUT2D eigenvalue weighted by atomic mass is 16.2. The number of amides is 2. The molecule has 0 aliphatic carbocycles. The average Bonchev–Trinajstić information content (AvgIpc) is 3.34. The van der Waals surface area contributed by atoms with E-state index in [4.69, 9.17) is 0 Å². The Morgan fingerprint density at radius 3 is 2.26 bits per heavy atom. The Hall–Kier alpha value is -4.16. The quantitative estimate of drug-likeness (QED) is 0.444. The summed E-state index contributed by atoms with van der Waals surface area (Å²) in [6.07, 6.45) is 2.09. The number of benzene rings is 3. The summed E-state index contributed by atoms with van der Waals surface area (Å²) in [6.45, 7) is 1.80. The molecule has 6 nitrogen and oxygen atoms in total. The molecule has 0 saturated carbocycles. The Kier molecular flexibility index (Phi) is 6.23. The highest BCUT2D eigenvalue weighted by Crippen LogP contribution is 2.32. The molecular weight excluding hydrogens is 424 g/mol. The summed E-state index contributed by atoms with van der Waals surface area (Å²) >= 11 is 0. The number of nitrogens with one attached hydrogen (secondary N) is 2. The first-order chi connectivity index (χ1) is 16.7. The van der Waals surface area contributed by atoms with E-state index in [2.05, 4.69) is 50.6 Å². The second-order valence-electron chi connectivity index (χ2n) is 8.32. The van der Waals surface area contributed by atoms with E-state index in [-0.39, 0.29) is 24.4 Å². The number of anilines is 2. The van der Waals surface area contributed by atoms with Gasteiger partial charge in [0, 0.05) is 30.7 Å². The molecular formula is C28H26N4O2. The maximum atomic E-state index is 13.1. The number of aromatic nitrogens is 1. The molecule has 34 heavy (non-hydrogen) atoms. The minimum atomic E-state index is -0.264. The molecule has 4 aromatic rings. The van der Waals surface area contributed by atoms with Crippen LogP contribution in [0.15, 0.2) is 103 Å². The zero-order valence-corrected chi connectivity index (χ0v) is 18.7. The van der Waals surface area contributed by atoms with Crippen molar-refractivity contribution in [1.82, 2.24) is 9.47 Å². The van der Waals surface area contributed by atoms with Crippen LogP contribution in [-0.2, 0) is 11.3 Å². The van der Waals surface area contributed by atoms with E-state index < -0.39 is 0 Å². The maximum absolute atomic E-state index is 13.1. The smallest absolute Gasteiger partial charge is 0.257 e. The van der Waals surface area contributed by atoms with Crippen LogP contribution in [0.25, 0.3) is 0 Å². The zero-order valence-electron chi connectivity index (χ0n) is 18.7. The number of fused-ring (bicyclic) bond motifs is 1.